The van der Waals surface area contributed by atoms with E-state index >= 15 is 0 Å². The number of aliphatic hydroxyl groups excluding tert-OH is 1. The Hall–Kier alpha value is -2.26. The molecule has 3 heterocycles. The zero-order chi connectivity index (χ0) is 28.2. The highest BCUT2D eigenvalue weighted by atomic mass is 32.2. The summed E-state index contributed by atoms with van der Waals surface area (Å²) >= 11 is 1.72. The quantitative estimate of drug-likeness (QED) is 0.300. The van der Waals surface area contributed by atoms with E-state index in [2.05, 4.69) is 36.3 Å². The van der Waals surface area contributed by atoms with E-state index in [9.17, 15) is 14.4 Å². The maximum atomic E-state index is 14.1. The molecule has 0 radical (unpaired) electrons. The smallest absolute Gasteiger partial charge is 0.248 e. The van der Waals surface area contributed by atoms with Crippen molar-refractivity contribution in [2.24, 2.45) is 17.8 Å². The van der Waals surface area contributed by atoms with Crippen molar-refractivity contribution >= 4 is 40.9 Å². The maximum Gasteiger partial charge on any atom is 0.248 e. The Labute approximate surface area is 237 Å². The number of thioether (sulfide) groups is 1. The highest BCUT2D eigenvalue weighted by Gasteiger charge is 2.75. The summed E-state index contributed by atoms with van der Waals surface area (Å²) < 4.78 is -0.605. The molecule has 3 amide bonds. The van der Waals surface area contributed by atoms with Gasteiger partial charge in [0.1, 0.15) is 6.04 Å². The van der Waals surface area contributed by atoms with E-state index in [-0.39, 0.29) is 35.5 Å². The lowest BCUT2D eigenvalue weighted by Gasteiger charge is -2.38. The third kappa shape index (κ3) is 5.53. The molecular weight excluding hydrogens is 512 g/mol. The van der Waals surface area contributed by atoms with Gasteiger partial charge in [0, 0.05) is 49.4 Å². The zero-order valence-corrected chi connectivity index (χ0v) is 24.8. The van der Waals surface area contributed by atoms with Crippen molar-refractivity contribution < 1.29 is 19.5 Å². The highest BCUT2D eigenvalue weighted by molar-refractivity contribution is 8.02. The fourth-order valence-corrected chi connectivity index (χ4v) is 9.45. The number of unbranched alkanes of at least 4 members (excludes halogenated alkanes) is 3. The molecule has 1 spiro atoms. The standard InChI is InChI=1S/C30H46N4O4S/c1-5-16-31-27(36)24-23-19-20(4)30(39-23)25(24)29(38)34(17-10-8-9-11-18-35)26(30)28(37)32-21-12-14-22(15-13-21)33(6-2)7-3/h12-15,20,23-26,35H,5-11,16-19H2,1-4H3,(H,31,36)(H,32,37)/t20?,23-,24+,25+,26?,30?/m1/s1. The molecular formula is C30H46N4O4S. The van der Waals surface area contributed by atoms with E-state index in [1.54, 1.807) is 16.7 Å². The first-order valence-electron chi connectivity index (χ1n) is 14.9. The van der Waals surface area contributed by atoms with Crippen molar-refractivity contribution in [1.82, 2.24) is 10.2 Å². The van der Waals surface area contributed by atoms with Crippen molar-refractivity contribution in [3.05, 3.63) is 24.3 Å². The molecule has 0 aromatic heterocycles. The van der Waals surface area contributed by atoms with E-state index in [0.717, 1.165) is 57.3 Å². The first kappa shape index (κ1) is 29.7. The van der Waals surface area contributed by atoms with Gasteiger partial charge in [-0.25, -0.2) is 0 Å². The molecule has 9 heteroatoms. The number of aliphatic hydroxyl groups is 1. The maximum absolute atomic E-state index is 14.1. The summed E-state index contributed by atoms with van der Waals surface area (Å²) in [6.07, 6.45) is 4.96. The molecule has 3 aliphatic heterocycles. The van der Waals surface area contributed by atoms with Gasteiger partial charge in [-0.15, -0.1) is 11.8 Å². The molecule has 1 aromatic carbocycles. The minimum absolute atomic E-state index is 0.0441. The number of carbonyl (C=O) groups is 3. The van der Waals surface area contributed by atoms with Crippen LogP contribution >= 0.6 is 11.8 Å². The summed E-state index contributed by atoms with van der Waals surface area (Å²) in [5.41, 5.74) is 1.82. The largest absolute Gasteiger partial charge is 0.396 e. The van der Waals surface area contributed by atoms with Gasteiger partial charge in [0.15, 0.2) is 0 Å². The molecule has 2 bridgehead atoms. The molecule has 0 aliphatic carbocycles. The predicted molar refractivity (Wildman–Crippen MR) is 158 cm³/mol. The fourth-order valence-electron chi connectivity index (χ4n) is 7.03. The van der Waals surface area contributed by atoms with Gasteiger partial charge in [0.05, 0.1) is 16.6 Å². The van der Waals surface area contributed by atoms with Gasteiger partial charge in [0.2, 0.25) is 17.7 Å². The lowest BCUT2D eigenvalue weighted by molar-refractivity contribution is -0.139. The van der Waals surface area contributed by atoms with Gasteiger partial charge in [0.25, 0.3) is 0 Å². The lowest BCUT2D eigenvalue weighted by Crippen LogP contribution is -2.55. The fraction of sp³-hybridized carbons (Fsp3) is 0.700. The van der Waals surface area contributed by atoms with Crippen LogP contribution in [0.5, 0.6) is 0 Å². The van der Waals surface area contributed by atoms with E-state index in [1.165, 1.54) is 0 Å². The third-order valence-electron chi connectivity index (χ3n) is 8.92. The van der Waals surface area contributed by atoms with Gasteiger partial charge in [-0.2, -0.15) is 0 Å². The first-order valence-corrected chi connectivity index (χ1v) is 15.7. The second kappa shape index (κ2) is 12.9. The average Bonchev–Trinajstić information content (AvgIpc) is 3.52. The van der Waals surface area contributed by atoms with Crippen LogP contribution in [0.4, 0.5) is 11.4 Å². The topological polar surface area (TPSA) is 102 Å². The number of nitrogens with one attached hydrogen (secondary N) is 2. The highest BCUT2D eigenvalue weighted by Crippen LogP contribution is 2.68. The zero-order valence-electron chi connectivity index (χ0n) is 23.9. The van der Waals surface area contributed by atoms with Crippen LogP contribution in [0.3, 0.4) is 0 Å². The third-order valence-corrected chi connectivity index (χ3v) is 11.0. The van der Waals surface area contributed by atoms with Crippen LogP contribution in [-0.4, -0.2) is 76.6 Å². The Kier molecular flexibility index (Phi) is 9.86. The minimum Gasteiger partial charge on any atom is -0.396 e. The van der Waals surface area contributed by atoms with Crippen molar-refractivity contribution in [2.75, 3.05) is 43.0 Å². The SMILES string of the molecule is CCCNC(=O)[C@@H]1[C@H]2C(=O)N(CCCCCCO)C(C(=O)Nc3ccc(N(CC)CC)cc3)C23S[C@@H]1CC3C. The monoisotopic (exact) mass is 558 g/mol. The van der Waals surface area contributed by atoms with Crippen LogP contribution in [0.2, 0.25) is 0 Å². The van der Waals surface area contributed by atoms with Crippen LogP contribution in [0.15, 0.2) is 24.3 Å². The van der Waals surface area contributed by atoms with Crippen LogP contribution in [0.25, 0.3) is 0 Å². The van der Waals surface area contributed by atoms with Crippen molar-refractivity contribution in [3.8, 4) is 0 Å². The Bertz CT molecular complexity index is 1020. The summed E-state index contributed by atoms with van der Waals surface area (Å²) in [5, 5.41) is 15.4. The van der Waals surface area contributed by atoms with E-state index < -0.39 is 22.6 Å². The molecule has 1 aromatic rings. The number of amides is 3. The Morgan fingerprint density at radius 3 is 2.41 bits per heavy atom. The Balaban J connectivity index is 1.61. The minimum atomic E-state index is -0.621. The molecule has 3 fully saturated rings. The first-order chi connectivity index (χ1) is 18.8. The number of anilines is 2. The normalized spacial score (nSPS) is 29.0. The van der Waals surface area contributed by atoms with Crippen LogP contribution < -0.4 is 15.5 Å². The Morgan fingerprint density at radius 1 is 1.08 bits per heavy atom. The predicted octanol–water partition coefficient (Wildman–Crippen LogP) is 3.89. The van der Waals surface area contributed by atoms with Crippen molar-refractivity contribution in [3.63, 3.8) is 0 Å². The van der Waals surface area contributed by atoms with E-state index in [0.29, 0.717) is 18.8 Å². The summed E-state index contributed by atoms with van der Waals surface area (Å²) in [7, 11) is 0. The molecule has 4 rings (SSSR count). The molecule has 3 saturated heterocycles. The molecule has 6 atom stereocenters. The number of carbonyl (C=O) groups excluding carboxylic acids is 3. The summed E-state index contributed by atoms with van der Waals surface area (Å²) in [6.45, 7) is 11.5. The van der Waals surface area contributed by atoms with Gasteiger partial charge in [-0.05, 0) is 69.7 Å². The average molecular weight is 559 g/mol. The number of likely N-dealkylation sites (tertiary alicyclic amines) is 1. The van der Waals surface area contributed by atoms with Crippen LogP contribution in [0, 0.1) is 17.8 Å². The number of benzene rings is 1. The van der Waals surface area contributed by atoms with Crippen molar-refractivity contribution in [2.45, 2.75) is 82.3 Å². The number of rotatable bonds is 14. The van der Waals surface area contributed by atoms with Gasteiger partial charge in [-0.3, -0.25) is 14.4 Å². The number of fused-ring (bicyclic) bond motifs is 1. The molecule has 0 saturated carbocycles. The summed E-state index contributed by atoms with van der Waals surface area (Å²) in [6, 6.07) is 7.29. The summed E-state index contributed by atoms with van der Waals surface area (Å²) in [4.78, 5) is 45.5. The van der Waals surface area contributed by atoms with Gasteiger partial charge in [-0.1, -0.05) is 26.7 Å². The second-order valence-corrected chi connectivity index (χ2v) is 12.8. The molecule has 39 heavy (non-hydrogen) atoms. The van der Waals surface area contributed by atoms with Gasteiger partial charge >= 0.3 is 0 Å². The van der Waals surface area contributed by atoms with Crippen LogP contribution in [0.1, 0.15) is 66.2 Å². The molecule has 3 aliphatic rings. The summed E-state index contributed by atoms with van der Waals surface area (Å²) in [5.74, 6) is -0.979. The number of nitrogens with zero attached hydrogens (tertiary/aromatic N) is 2. The number of hydrogen-bond acceptors (Lipinski definition) is 6. The molecule has 3 N–H and O–H groups in total. The molecule has 3 unspecified atom stereocenters. The Morgan fingerprint density at radius 2 is 1.77 bits per heavy atom. The lowest BCUT2D eigenvalue weighted by atomic mass is 9.66. The molecule has 216 valence electrons. The molecule has 8 nitrogen and oxygen atoms in total. The second-order valence-electron chi connectivity index (χ2n) is 11.2. The van der Waals surface area contributed by atoms with Gasteiger partial charge < -0.3 is 25.5 Å². The van der Waals surface area contributed by atoms with E-state index in [1.807, 2.05) is 31.2 Å². The van der Waals surface area contributed by atoms with Crippen molar-refractivity contribution in [1.29, 1.82) is 0 Å². The number of hydrogen-bond donors (Lipinski definition) is 3. The van der Waals surface area contributed by atoms with Crippen LogP contribution in [-0.2, 0) is 14.4 Å². The van der Waals surface area contributed by atoms with E-state index in [4.69, 9.17) is 5.11 Å².